The van der Waals surface area contributed by atoms with Crippen LogP contribution in [0.25, 0.3) is 5.69 Å². The lowest BCUT2D eigenvalue weighted by Crippen LogP contribution is -2.27. The van der Waals surface area contributed by atoms with Crippen molar-refractivity contribution < 1.29 is 13.2 Å². The molecule has 0 fully saturated rings. The molecule has 146 valence electrons. The average molecular weight is 420 g/mol. The quantitative estimate of drug-likeness (QED) is 0.657. The van der Waals surface area contributed by atoms with E-state index in [1.54, 1.807) is 54.9 Å². The summed E-state index contributed by atoms with van der Waals surface area (Å²) in [6.45, 7) is 3.51. The highest BCUT2D eigenvalue weighted by molar-refractivity contribution is 7.89. The van der Waals surface area contributed by atoms with Crippen LogP contribution in [0.4, 0.5) is 0 Å². The van der Waals surface area contributed by atoms with E-state index in [0.717, 1.165) is 11.3 Å². The summed E-state index contributed by atoms with van der Waals surface area (Å²) in [7, 11) is -3.76. The zero-order valence-corrected chi connectivity index (χ0v) is 16.7. The number of aryl methyl sites for hydroxylation is 1. The van der Waals surface area contributed by atoms with Crippen molar-refractivity contribution in [1.29, 1.82) is 0 Å². The second-order valence-electron chi connectivity index (χ2n) is 6.18. The largest absolute Gasteiger partial charge is 0.343 e. The maximum absolute atomic E-state index is 12.5. The van der Waals surface area contributed by atoms with Gasteiger partial charge in [0.25, 0.3) is 5.91 Å². The Bertz CT molecular complexity index is 1110. The van der Waals surface area contributed by atoms with Gasteiger partial charge in [0.05, 0.1) is 16.6 Å². The molecule has 0 bridgehead atoms. The third-order valence-electron chi connectivity index (χ3n) is 4.10. The van der Waals surface area contributed by atoms with E-state index in [-0.39, 0.29) is 16.8 Å². The number of aromatic nitrogens is 3. The van der Waals surface area contributed by atoms with Crippen LogP contribution >= 0.6 is 11.6 Å². The maximum Gasteiger partial charge on any atom is 0.291 e. The number of carbonyl (C=O) groups excluding carboxylic acids is 1. The van der Waals surface area contributed by atoms with Gasteiger partial charge in [-0.15, -0.1) is 5.10 Å². The smallest absolute Gasteiger partial charge is 0.291 e. The fourth-order valence-corrected chi connectivity index (χ4v) is 3.25. The Balaban J connectivity index is 1.76. The molecule has 2 aromatic carbocycles. The number of nitrogens with two attached hydrogens (primary N) is 1. The zero-order chi connectivity index (χ0) is 20.5. The summed E-state index contributed by atoms with van der Waals surface area (Å²) in [5.74, 6) is 0.136. The Morgan fingerprint density at radius 1 is 1.14 bits per heavy atom. The monoisotopic (exact) mass is 419 g/mol. The lowest BCUT2D eigenvalue weighted by molar-refractivity contribution is 0.0929. The van der Waals surface area contributed by atoms with E-state index in [9.17, 15) is 13.2 Å². The second-order valence-corrected chi connectivity index (χ2v) is 8.18. The minimum atomic E-state index is -3.76. The molecule has 1 amide bonds. The predicted octanol–water partition coefficient (Wildman–Crippen LogP) is 2.37. The van der Waals surface area contributed by atoms with Crippen LogP contribution in [0.3, 0.4) is 0 Å². The van der Waals surface area contributed by atoms with Crippen molar-refractivity contribution in [1.82, 2.24) is 20.1 Å². The van der Waals surface area contributed by atoms with Crippen LogP contribution in [0.1, 0.15) is 35.0 Å². The summed E-state index contributed by atoms with van der Waals surface area (Å²) >= 11 is 5.90. The van der Waals surface area contributed by atoms with Gasteiger partial charge in [0.2, 0.25) is 15.8 Å². The fraction of sp³-hybridized carbons (Fsp3) is 0.167. The van der Waals surface area contributed by atoms with E-state index in [0.29, 0.717) is 10.8 Å². The third kappa shape index (κ3) is 4.38. The molecule has 0 aliphatic rings. The topological polar surface area (TPSA) is 120 Å². The molecule has 0 saturated heterocycles. The molecule has 0 saturated carbocycles. The standard InChI is InChI=1S/C18H18ClN5O3S/c1-11(13-3-9-16(10-4-13)28(20,26)27)21-18(25)17-22-12(2)24(23-17)15-7-5-14(19)6-8-15/h3-11H,1-2H3,(H,21,25)(H2,20,26,27). The third-order valence-corrected chi connectivity index (χ3v) is 5.28. The van der Waals surface area contributed by atoms with E-state index in [1.165, 1.54) is 12.1 Å². The van der Waals surface area contributed by atoms with Gasteiger partial charge in [0.15, 0.2) is 0 Å². The highest BCUT2D eigenvalue weighted by Crippen LogP contribution is 2.17. The van der Waals surface area contributed by atoms with Crippen molar-refractivity contribution in [2.24, 2.45) is 5.14 Å². The minimum absolute atomic E-state index is 0.00813. The number of nitrogens with zero attached hydrogens (tertiary/aromatic N) is 3. The van der Waals surface area contributed by atoms with Crippen molar-refractivity contribution >= 4 is 27.5 Å². The van der Waals surface area contributed by atoms with Crippen LogP contribution in [0.2, 0.25) is 5.02 Å². The Hall–Kier alpha value is -2.75. The second kappa shape index (κ2) is 7.70. The highest BCUT2D eigenvalue weighted by atomic mass is 35.5. The summed E-state index contributed by atoms with van der Waals surface area (Å²) in [5, 5.41) is 12.7. The first-order valence-corrected chi connectivity index (χ1v) is 10.2. The van der Waals surface area contributed by atoms with Gasteiger partial charge >= 0.3 is 0 Å². The van der Waals surface area contributed by atoms with E-state index < -0.39 is 15.9 Å². The number of primary sulfonamides is 1. The van der Waals surface area contributed by atoms with Gasteiger partial charge in [-0.25, -0.2) is 23.2 Å². The molecule has 10 heteroatoms. The molecule has 3 N–H and O–H groups in total. The Morgan fingerprint density at radius 2 is 1.75 bits per heavy atom. The van der Waals surface area contributed by atoms with Crippen LogP contribution < -0.4 is 10.5 Å². The summed E-state index contributed by atoms with van der Waals surface area (Å²) in [4.78, 5) is 16.7. The number of hydrogen-bond acceptors (Lipinski definition) is 5. The SMILES string of the molecule is Cc1nc(C(=O)NC(C)c2ccc(S(N)(=O)=O)cc2)nn1-c1ccc(Cl)cc1. The van der Waals surface area contributed by atoms with Crippen molar-refractivity contribution in [2.75, 3.05) is 0 Å². The van der Waals surface area contributed by atoms with Crippen LogP contribution in [0, 0.1) is 6.92 Å². The molecule has 3 aromatic rings. The first-order valence-electron chi connectivity index (χ1n) is 8.28. The number of amides is 1. The van der Waals surface area contributed by atoms with Gasteiger partial charge in [-0.3, -0.25) is 4.79 Å². The Kier molecular flexibility index (Phi) is 5.50. The molecule has 0 aliphatic carbocycles. The Labute approximate surface area is 167 Å². The van der Waals surface area contributed by atoms with E-state index in [4.69, 9.17) is 16.7 Å². The molecule has 0 spiro atoms. The van der Waals surface area contributed by atoms with Gasteiger partial charge in [0.1, 0.15) is 5.82 Å². The number of rotatable bonds is 5. The maximum atomic E-state index is 12.5. The van der Waals surface area contributed by atoms with Gasteiger partial charge in [-0.2, -0.15) is 0 Å². The molecule has 0 radical (unpaired) electrons. The van der Waals surface area contributed by atoms with Gasteiger partial charge < -0.3 is 5.32 Å². The molecule has 1 atom stereocenters. The first kappa shape index (κ1) is 20.0. The van der Waals surface area contributed by atoms with E-state index in [2.05, 4.69) is 15.4 Å². The number of sulfonamides is 1. The molecule has 1 unspecified atom stereocenters. The van der Waals surface area contributed by atoms with Crippen molar-refractivity contribution in [3.63, 3.8) is 0 Å². The Morgan fingerprint density at radius 3 is 2.32 bits per heavy atom. The first-order chi connectivity index (χ1) is 13.1. The summed E-state index contributed by atoms with van der Waals surface area (Å²) in [6.07, 6.45) is 0. The van der Waals surface area contributed by atoms with Gasteiger partial charge in [-0.1, -0.05) is 23.7 Å². The lowest BCUT2D eigenvalue weighted by Gasteiger charge is -2.13. The molecule has 3 rings (SSSR count). The van der Waals surface area contributed by atoms with Gasteiger partial charge in [-0.05, 0) is 55.8 Å². The fourth-order valence-electron chi connectivity index (χ4n) is 2.60. The summed E-state index contributed by atoms with van der Waals surface area (Å²) < 4.78 is 24.2. The molecule has 1 heterocycles. The number of benzene rings is 2. The van der Waals surface area contributed by atoms with Crippen molar-refractivity contribution in [3.8, 4) is 5.69 Å². The van der Waals surface area contributed by atoms with Crippen LogP contribution in [0.15, 0.2) is 53.4 Å². The normalized spacial score (nSPS) is 12.6. The summed E-state index contributed by atoms with van der Waals surface area (Å²) in [5.41, 5.74) is 1.45. The number of hydrogen-bond donors (Lipinski definition) is 2. The van der Waals surface area contributed by atoms with E-state index in [1.807, 2.05) is 0 Å². The number of nitrogens with one attached hydrogen (secondary N) is 1. The molecular weight excluding hydrogens is 402 g/mol. The predicted molar refractivity (Wildman–Crippen MR) is 105 cm³/mol. The zero-order valence-electron chi connectivity index (χ0n) is 15.1. The number of carbonyl (C=O) groups is 1. The van der Waals surface area contributed by atoms with Crippen LogP contribution in [-0.4, -0.2) is 29.1 Å². The molecule has 1 aromatic heterocycles. The van der Waals surface area contributed by atoms with Gasteiger partial charge in [0, 0.05) is 5.02 Å². The van der Waals surface area contributed by atoms with E-state index >= 15 is 0 Å². The van der Waals surface area contributed by atoms with Crippen LogP contribution in [-0.2, 0) is 10.0 Å². The highest BCUT2D eigenvalue weighted by Gasteiger charge is 2.18. The van der Waals surface area contributed by atoms with Crippen molar-refractivity contribution in [2.45, 2.75) is 24.8 Å². The van der Waals surface area contributed by atoms with Crippen LogP contribution in [0.5, 0.6) is 0 Å². The average Bonchev–Trinajstić information content (AvgIpc) is 3.03. The molecule has 28 heavy (non-hydrogen) atoms. The molecular formula is C18H18ClN5O3S. The molecule has 0 aliphatic heterocycles. The number of halogens is 1. The molecule has 8 nitrogen and oxygen atoms in total. The minimum Gasteiger partial charge on any atom is -0.343 e. The summed E-state index contributed by atoms with van der Waals surface area (Å²) in [6, 6.07) is 12.6. The lowest BCUT2D eigenvalue weighted by atomic mass is 10.1. The van der Waals surface area contributed by atoms with Crippen molar-refractivity contribution in [3.05, 3.63) is 70.8 Å².